The van der Waals surface area contributed by atoms with Crippen LogP contribution in [0.3, 0.4) is 0 Å². The maximum atomic E-state index is 11.6. The fraction of sp³-hybridized carbons (Fsp3) is 0.923. The van der Waals surface area contributed by atoms with Crippen molar-refractivity contribution in [2.75, 3.05) is 13.1 Å². The van der Waals surface area contributed by atoms with Gasteiger partial charge < -0.3 is 16.0 Å². The van der Waals surface area contributed by atoms with Gasteiger partial charge in [-0.15, -0.1) is 0 Å². The number of amides is 2. The van der Waals surface area contributed by atoms with Crippen molar-refractivity contribution in [3.8, 4) is 0 Å². The molecule has 1 saturated heterocycles. The van der Waals surface area contributed by atoms with Crippen LogP contribution in [0.15, 0.2) is 0 Å². The smallest absolute Gasteiger partial charge is 0.315 e. The Bertz CT molecular complexity index is 233. The zero-order chi connectivity index (χ0) is 11.9. The molecule has 2 rings (SSSR count). The summed E-state index contributed by atoms with van der Waals surface area (Å²) in [6.07, 6.45) is 9.74. The molecule has 1 aliphatic carbocycles. The van der Waals surface area contributed by atoms with Crippen LogP contribution in [-0.4, -0.2) is 31.2 Å². The standard InChI is InChI=1S/C13H25N3O/c17-13(16-12-5-2-1-3-6-12)15-10-8-11-7-4-9-14-11/h11-12,14H,1-10H2,(H2,15,16,17)/t11-/m0/s1. The van der Waals surface area contributed by atoms with Crippen molar-refractivity contribution in [1.29, 1.82) is 0 Å². The van der Waals surface area contributed by atoms with Crippen LogP contribution >= 0.6 is 0 Å². The minimum Gasteiger partial charge on any atom is -0.338 e. The molecule has 3 N–H and O–H groups in total. The van der Waals surface area contributed by atoms with Gasteiger partial charge in [-0.05, 0) is 38.6 Å². The summed E-state index contributed by atoms with van der Waals surface area (Å²) >= 11 is 0. The molecule has 0 radical (unpaired) electrons. The first-order valence-corrected chi connectivity index (χ1v) is 7.12. The molecular formula is C13H25N3O. The first-order valence-electron chi connectivity index (χ1n) is 7.12. The van der Waals surface area contributed by atoms with Crippen molar-refractivity contribution in [1.82, 2.24) is 16.0 Å². The molecule has 98 valence electrons. The average molecular weight is 239 g/mol. The van der Waals surface area contributed by atoms with E-state index in [1.165, 1.54) is 32.1 Å². The van der Waals surface area contributed by atoms with E-state index in [9.17, 15) is 4.79 Å². The number of hydrogen-bond acceptors (Lipinski definition) is 2. The van der Waals surface area contributed by atoms with E-state index in [0.29, 0.717) is 12.1 Å². The Balaban J connectivity index is 1.53. The van der Waals surface area contributed by atoms with Crippen LogP contribution in [0.2, 0.25) is 0 Å². The molecule has 0 aromatic heterocycles. The van der Waals surface area contributed by atoms with Crippen molar-refractivity contribution in [3.63, 3.8) is 0 Å². The summed E-state index contributed by atoms with van der Waals surface area (Å²) in [5, 5.41) is 9.48. The van der Waals surface area contributed by atoms with Gasteiger partial charge in [0.25, 0.3) is 0 Å². The normalized spacial score (nSPS) is 25.8. The van der Waals surface area contributed by atoms with Crippen LogP contribution in [-0.2, 0) is 0 Å². The molecule has 0 aromatic rings. The predicted molar refractivity (Wildman–Crippen MR) is 69.0 cm³/mol. The van der Waals surface area contributed by atoms with Crippen LogP contribution in [0.4, 0.5) is 4.79 Å². The van der Waals surface area contributed by atoms with E-state index >= 15 is 0 Å². The summed E-state index contributed by atoms with van der Waals surface area (Å²) < 4.78 is 0. The van der Waals surface area contributed by atoms with Gasteiger partial charge in [0.05, 0.1) is 0 Å². The van der Waals surface area contributed by atoms with Crippen LogP contribution in [0.5, 0.6) is 0 Å². The Morgan fingerprint density at radius 1 is 1.12 bits per heavy atom. The van der Waals surface area contributed by atoms with E-state index in [2.05, 4.69) is 16.0 Å². The zero-order valence-corrected chi connectivity index (χ0v) is 10.6. The highest BCUT2D eigenvalue weighted by Crippen LogP contribution is 2.17. The monoisotopic (exact) mass is 239 g/mol. The molecule has 0 bridgehead atoms. The van der Waals surface area contributed by atoms with Crippen LogP contribution in [0, 0.1) is 0 Å². The van der Waals surface area contributed by atoms with Gasteiger partial charge in [-0.25, -0.2) is 4.79 Å². The molecule has 1 heterocycles. The van der Waals surface area contributed by atoms with E-state index in [4.69, 9.17) is 0 Å². The third kappa shape index (κ3) is 4.54. The second-order valence-electron chi connectivity index (χ2n) is 5.32. The molecule has 0 unspecified atom stereocenters. The molecule has 1 aliphatic heterocycles. The fourth-order valence-electron chi connectivity index (χ4n) is 2.85. The molecule has 1 atom stereocenters. The Morgan fingerprint density at radius 2 is 1.94 bits per heavy atom. The molecule has 0 aromatic carbocycles. The molecule has 4 heteroatoms. The van der Waals surface area contributed by atoms with E-state index < -0.39 is 0 Å². The number of nitrogens with one attached hydrogen (secondary N) is 3. The van der Waals surface area contributed by atoms with Crippen LogP contribution in [0.1, 0.15) is 51.4 Å². The Morgan fingerprint density at radius 3 is 2.65 bits per heavy atom. The van der Waals surface area contributed by atoms with Gasteiger partial charge in [0.2, 0.25) is 0 Å². The van der Waals surface area contributed by atoms with Crippen molar-refractivity contribution in [2.45, 2.75) is 63.5 Å². The first kappa shape index (κ1) is 12.7. The average Bonchev–Trinajstić information content (AvgIpc) is 2.83. The molecule has 0 spiro atoms. The number of rotatable bonds is 4. The Hall–Kier alpha value is -0.770. The summed E-state index contributed by atoms with van der Waals surface area (Å²) in [6, 6.07) is 1.05. The number of urea groups is 1. The fourth-order valence-corrected chi connectivity index (χ4v) is 2.85. The summed E-state index contributed by atoms with van der Waals surface area (Å²) in [5.41, 5.74) is 0. The SMILES string of the molecule is O=C(NCC[C@@H]1CCCN1)NC1CCCCC1. The number of hydrogen-bond donors (Lipinski definition) is 3. The molecule has 17 heavy (non-hydrogen) atoms. The van der Waals surface area contributed by atoms with E-state index in [1.807, 2.05) is 0 Å². The first-order chi connectivity index (χ1) is 8.34. The highest BCUT2D eigenvalue weighted by Gasteiger charge is 2.16. The minimum atomic E-state index is 0.0231. The second-order valence-corrected chi connectivity index (χ2v) is 5.32. The third-order valence-electron chi connectivity index (χ3n) is 3.88. The van der Waals surface area contributed by atoms with Crippen molar-refractivity contribution in [2.24, 2.45) is 0 Å². The third-order valence-corrected chi connectivity index (χ3v) is 3.88. The summed E-state index contributed by atoms with van der Waals surface area (Å²) in [4.78, 5) is 11.6. The Labute approximate surface area is 104 Å². The quantitative estimate of drug-likeness (QED) is 0.700. The summed E-state index contributed by atoms with van der Waals surface area (Å²) in [5.74, 6) is 0. The van der Waals surface area contributed by atoms with Crippen molar-refractivity contribution < 1.29 is 4.79 Å². The van der Waals surface area contributed by atoms with Gasteiger partial charge in [0.15, 0.2) is 0 Å². The maximum absolute atomic E-state index is 11.6. The van der Waals surface area contributed by atoms with E-state index in [-0.39, 0.29) is 6.03 Å². The van der Waals surface area contributed by atoms with Gasteiger partial charge in [0, 0.05) is 18.6 Å². The molecule has 4 nitrogen and oxygen atoms in total. The lowest BCUT2D eigenvalue weighted by molar-refractivity contribution is 0.232. The minimum absolute atomic E-state index is 0.0231. The molecular weight excluding hydrogens is 214 g/mol. The predicted octanol–water partition coefficient (Wildman–Crippen LogP) is 1.76. The van der Waals surface area contributed by atoms with Gasteiger partial charge in [0.1, 0.15) is 0 Å². The van der Waals surface area contributed by atoms with Gasteiger partial charge in [-0.2, -0.15) is 0 Å². The molecule has 1 saturated carbocycles. The van der Waals surface area contributed by atoms with E-state index in [1.54, 1.807) is 0 Å². The van der Waals surface area contributed by atoms with Crippen molar-refractivity contribution in [3.05, 3.63) is 0 Å². The second kappa shape index (κ2) is 6.84. The summed E-state index contributed by atoms with van der Waals surface area (Å²) in [6.45, 7) is 1.93. The van der Waals surface area contributed by atoms with Crippen molar-refractivity contribution >= 4 is 6.03 Å². The van der Waals surface area contributed by atoms with Crippen LogP contribution < -0.4 is 16.0 Å². The summed E-state index contributed by atoms with van der Waals surface area (Å²) in [7, 11) is 0. The topological polar surface area (TPSA) is 53.2 Å². The lowest BCUT2D eigenvalue weighted by atomic mass is 9.96. The lowest BCUT2D eigenvalue weighted by Gasteiger charge is -2.23. The number of carbonyl (C=O) groups is 1. The van der Waals surface area contributed by atoms with Crippen LogP contribution in [0.25, 0.3) is 0 Å². The molecule has 2 amide bonds. The van der Waals surface area contributed by atoms with E-state index in [0.717, 1.165) is 32.4 Å². The van der Waals surface area contributed by atoms with Gasteiger partial charge in [-0.3, -0.25) is 0 Å². The van der Waals surface area contributed by atoms with Gasteiger partial charge in [-0.1, -0.05) is 19.3 Å². The zero-order valence-electron chi connectivity index (χ0n) is 10.6. The lowest BCUT2D eigenvalue weighted by Crippen LogP contribution is -2.43. The maximum Gasteiger partial charge on any atom is 0.315 e. The molecule has 2 aliphatic rings. The highest BCUT2D eigenvalue weighted by atomic mass is 16.2. The highest BCUT2D eigenvalue weighted by molar-refractivity contribution is 5.74. The Kier molecular flexibility index (Phi) is 5.10. The largest absolute Gasteiger partial charge is 0.338 e. The molecule has 2 fully saturated rings. The van der Waals surface area contributed by atoms with Gasteiger partial charge >= 0.3 is 6.03 Å². The number of carbonyl (C=O) groups excluding carboxylic acids is 1.